The van der Waals surface area contributed by atoms with Crippen molar-refractivity contribution in [2.45, 2.75) is 59.2 Å². The van der Waals surface area contributed by atoms with Crippen molar-refractivity contribution in [3.63, 3.8) is 0 Å². The first kappa shape index (κ1) is 19.1. The Morgan fingerprint density at radius 1 is 1.25 bits per heavy atom. The number of rotatable bonds is 6. The van der Waals surface area contributed by atoms with Crippen LogP contribution in [0.5, 0.6) is 0 Å². The van der Waals surface area contributed by atoms with Gasteiger partial charge < -0.3 is 19.6 Å². The van der Waals surface area contributed by atoms with Crippen molar-refractivity contribution in [3.8, 4) is 0 Å². The lowest BCUT2D eigenvalue weighted by Gasteiger charge is -2.33. The first-order valence-corrected chi connectivity index (χ1v) is 9.96. The van der Waals surface area contributed by atoms with Gasteiger partial charge in [-0.25, -0.2) is 15.0 Å². The van der Waals surface area contributed by atoms with Gasteiger partial charge in [-0.3, -0.25) is 0 Å². The monoisotopic (exact) mass is 384 g/mol. The van der Waals surface area contributed by atoms with Crippen molar-refractivity contribution in [2.75, 3.05) is 18.5 Å². The molecule has 0 unspecified atom stereocenters. The Bertz CT molecular complexity index is 1010. The first-order chi connectivity index (χ1) is 13.4. The van der Waals surface area contributed by atoms with Gasteiger partial charge in [0.15, 0.2) is 11.4 Å². The second-order valence-corrected chi connectivity index (χ2v) is 8.52. The lowest BCUT2D eigenvalue weighted by atomic mass is 9.88. The van der Waals surface area contributed by atoms with E-state index in [1.165, 1.54) is 11.1 Å². The van der Waals surface area contributed by atoms with E-state index in [0.717, 1.165) is 29.4 Å². The molecule has 7 nitrogen and oxygen atoms in total. The molecule has 3 aromatic rings. The summed E-state index contributed by atoms with van der Waals surface area (Å²) in [4.78, 5) is 13.7. The van der Waals surface area contributed by atoms with Crippen molar-refractivity contribution in [3.05, 3.63) is 23.1 Å². The molecule has 0 aromatic carbocycles. The molecule has 1 aliphatic heterocycles. The van der Waals surface area contributed by atoms with Gasteiger partial charge in [-0.15, -0.1) is 0 Å². The predicted molar refractivity (Wildman–Crippen MR) is 108 cm³/mol. The number of nitrogens with one attached hydrogen (secondary N) is 1. The van der Waals surface area contributed by atoms with E-state index in [1.807, 2.05) is 0 Å². The minimum absolute atomic E-state index is 0.129. The summed E-state index contributed by atoms with van der Waals surface area (Å²) in [5.41, 5.74) is 5.25. The smallest absolute Gasteiger partial charge is 0.229 e. The van der Waals surface area contributed by atoms with Crippen LogP contribution >= 0.6 is 0 Å². The van der Waals surface area contributed by atoms with Crippen LogP contribution in [0.1, 0.15) is 50.9 Å². The number of pyridine rings is 1. The van der Waals surface area contributed by atoms with Crippen molar-refractivity contribution < 1.29 is 14.3 Å². The highest BCUT2D eigenvalue weighted by atomic mass is 16.5. The zero-order valence-electron chi connectivity index (χ0n) is 17.0. The normalized spacial score (nSPS) is 16.1. The molecule has 3 aromatic heterocycles. The van der Waals surface area contributed by atoms with E-state index in [9.17, 15) is 0 Å². The molecule has 4 rings (SSSR count). The summed E-state index contributed by atoms with van der Waals surface area (Å²) in [6.07, 6.45) is 3.87. The van der Waals surface area contributed by atoms with Crippen LogP contribution in [0.3, 0.4) is 0 Å². The third-order valence-electron chi connectivity index (χ3n) is 5.14. The third kappa shape index (κ3) is 3.44. The molecule has 0 saturated heterocycles. The molecule has 150 valence electrons. The van der Waals surface area contributed by atoms with Gasteiger partial charge >= 0.3 is 0 Å². The number of aromatic nitrogens is 3. The van der Waals surface area contributed by atoms with Crippen molar-refractivity contribution >= 4 is 28.0 Å². The van der Waals surface area contributed by atoms with Crippen LogP contribution in [-0.2, 0) is 24.2 Å². The molecular weight excluding hydrogens is 356 g/mol. The number of aliphatic hydroxyl groups is 1. The average molecular weight is 384 g/mol. The zero-order chi connectivity index (χ0) is 19.9. The second kappa shape index (κ2) is 7.29. The fraction of sp³-hybridized carbons (Fsp3) is 0.571. The fourth-order valence-corrected chi connectivity index (χ4v) is 3.84. The molecule has 0 spiro atoms. The van der Waals surface area contributed by atoms with Crippen LogP contribution in [0.25, 0.3) is 22.2 Å². The minimum Gasteiger partial charge on any atom is -0.432 e. The maximum absolute atomic E-state index is 9.04. The summed E-state index contributed by atoms with van der Waals surface area (Å²) < 4.78 is 12.3. The van der Waals surface area contributed by atoms with Crippen LogP contribution in [-0.4, -0.2) is 38.8 Å². The molecule has 7 heteroatoms. The molecule has 0 fully saturated rings. The van der Waals surface area contributed by atoms with Gasteiger partial charge in [0.1, 0.15) is 11.8 Å². The van der Waals surface area contributed by atoms with E-state index >= 15 is 0 Å². The van der Waals surface area contributed by atoms with Crippen LogP contribution in [0.2, 0.25) is 0 Å². The SMILES string of the molecule is CC(C)Cc1nc2oc3c(NCCCO)ncnc3c2c2c1COC(C)(C)C2. The van der Waals surface area contributed by atoms with Gasteiger partial charge in [0.2, 0.25) is 5.71 Å². The van der Waals surface area contributed by atoms with E-state index in [4.69, 9.17) is 19.2 Å². The Hall–Kier alpha value is -2.25. The van der Waals surface area contributed by atoms with Crippen molar-refractivity contribution in [1.29, 1.82) is 0 Å². The number of hydrogen-bond acceptors (Lipinski definition) is 7. The van der Waals surface area contributed by atoms with Crippen molar-refractivity contribution in [1.82, 2.24) is 15.0 Å². The maximum Gasteiger partial charge on any atom is 0.229 e. The average Bonchev–Trinajstić information content (AvgIpc) is 3.00. The lowest BCUT2D eigenvalue weighted by molar-refractivity contribution is -0.0402. The van der Waals surface area contributed by atoms with Crippen molar-refractivity contribution in [2.24, 2.45) is 5.92 Å². The van der Waals surface area contributed by atoms with Gasteiger partial charge in [-0.1, -0.05) is 13.8 Å². The van der Waals surface area contributed by atoms with Gasteiger partial charge in [0.05, 0.1) is 23.3 Å². The van der Waals surface area contributed by atoms with Crippen LogP contribution < -0.4 is 5.32 Å². The Morgan fingerprint density at radius 2 is 2.07 bits per heavy atom. The molecule has 2 N–H and O–H groups in total. The summed E-state index contributed by atoms with van der Waals surface area (Å²) in [5.74, 6) is 1.13. The highest BCUT2D eigenvalue weighted by molar-refractivity contribution is 6.06. The largest absolute Gasteiger partial charge is 0.432 e. The quantitative estimate of drug-likeness (QED) is 0.627. The van der Waals surface area contributed by atoms with Gasteiger partial charge in [-0.05, 0) is 38.2 Å². The molecule has 0 bridgehead atoms. The van der Waals surface area contributed by atoms with Crippen LogP contribution in [0.15, 0.2) is 10.7 Å². The summed E-state index contributed by atoms with van der Waals surface area (Å²) in [5, 5.41) is 13.2. The molecule has 0 saturated carbocycles. The molecule has 4 heterocycles. The second-order valence-electron chi connectivity index (χ2n) is 8.52. The number of fused-ring (bicyclic) bond motifs is 5. The Kier molecular flexibility index (Phi) is 4.97. The number of anilines is 1. The van der Waals surface area contributed by atoms with Crippen LogP contribution in [0, 0.1) is 5.92 Å². The summed E-state index contributed by atoms with van der Waals surface area (Å²) in [7, 11) is 0. The van der Waals surface area contributed by atoms with E-state index in [0.29, 0.717) is 42.6 Å². The zero-order valence-corrected chi connectivity index (χ0v) is 17.0. The molecule has 28 heavy (non-hydrogen) atoms. The molecule has 1 aliphatic rings. The van der Waals surface area contributed by atoms with Gasteiger partial charge in [0, 0.05) is 25.1 Å². The fourth-order valence-electron chi connectivity index (χ4n) is 3.84. The summed E-state index contributed by atoms with van der Waals surface area (Å²) in [6.45, 7) is 9.92. The number of aliphatic hydroxyl groups excluding tert-OH is 1. The van der Waals surface area contributed by atoms with E-state index in [1.54, 1.807) is 6.33 Å². The van der Waals surface area contributed by atoms with Crippen LogP contribution in [0.4, 0.5) is 5.82 Å². The Morgan fingerprint density at radius 3 is 2.82 bits per heavy atom. The Labute approximate surface area is 164 Å². The molecular formula is C21H28N4O3. The number of nitrogens with zero attached hydrogens (tertiary/aromatic N) is 3. The van der Waals surface area contributed by atoms with E-state index in [2.05, 4.69) is 43.0 Å². The first-order valence-electron chi connectivity index (χ1n) is 9.96. The number of hydrogen-bond donors (Lipinski definition) is 2. The third-order valence-corrected chi connectivity index (χ3v) is 5.14. The summed E-state index contributed by atoms with van der Waals surface area (Å²) in [6, 6.07) is 0. The van der Waals surface area contributed by atoms with Gasteiger partial charge in [0.25, 0.3) is 0 Å². The molecule has 0 atom stereocenters. The van der Waals surface area contributed by atoms with E-state index in [-0.39, 0.29) is 12.2 Å². The molecule has 0 amide bonds. The number of furan rings is 1. The van der Waals surface area contributed by atoms with E-state index < -0.39 is 0 Å². The van der Waals surface area contributed by atoms with Gasteiger partial charge in [-0.2, -0.15) is 0 Å². The highest BCUT2D eigenvalue weighted by Gasteiger charge is 2.32. The maximum atomic E-state index is 9.04. The predicted octanol–water partition coefficient (Wildman–Crippen LogP) is 3.62. The highest BCUT2D eigenvalue weighted by Crippen LogP contribution is 2.39. The Balaban J connectivity index is 1.93. The number of ether oxygens (including phenoxy) is 1. The topological polar surface area (TPSA) is 93.3 Å². The molecule has 0 aliphatic carbocycles. The standard InChI is InChI=1S/C21H28N4O3/c1-12(2)8-15-14-10-27-21(3,4)9-13(14)16-17-18(28-20(16)25-15)19(24-11-23-17)22-6-5-7-26/h11-12,26H,5-10H2,1-4H3,(H,22,23,24). The minimum atomic E-state index is -0.241. The molecule has 0 radical (unpaired) electrons. The lowest BCUT2D eigenvalue weighted by Crippen LogP contribution is -2.33. The summed E-state index contributed by atoms with van der Waals surface area (Å²) >= 11 is 0.